The number of amides is 2. The normalized spacial score (nSPS) is 37.2. The molecule has 0 heterocycles. The van der Waals surface area contributed by atoms with Crippen molar-refractivity contribution in [2.75, 3.05) is 0 Å². The predicted molar refractivity (Wildman–Crippen MR) is 114 cm³/mol. The number of hydrogen-bond donors (Lipinski definition) is 2. The van der Waals surface area contributed by atoms with Gasteiger partial charge in [-0.3, -0.25) is 9.59 Å². The Morgan fingerprint density at radius 3 is 2.21 bits per heavy atom. The van der Waals surface area contributed by atoms with Gasteiger partial charge in [0.2, 0.25) is 11.8 Å². The zero-order valence-electron chi connectivity index (χ0n) is 18.3. The van der Waals surface area contributed by atoms with Crippen molar-refractivity contribution >= 4 is 11.8 Å². The van der Waals surface area contributed by atoms with Gasteiger partial charge < -0.3 is 10.6 Å². The standard InChI is InChI=1S/C24H42N2O2/c1-4-18-9-13-22(15-18)26-24(28)20-7-5-6-19(11-12-20)23(27)25-17(3)21-10-8-16(2)14-21/h16-22H,4-15H2,1-3H3,(H,25,27)(H,26,28). The largest absolute Gasteiger partial charge is 0.353 e. The third-order valence-corrected chi connectivity index (χ3v) is 7.99. The summed E-state index contributed by atoms with van der Waals surface area (Å²) in [5.41, 5.74) is 0. The van der Waals surface area contributed by atoms with Crippen molar-refractivity contribution in [1.29, 1.82) is 0 Å². The van der Waals surface area contributed by atoms with E-state index in [1.165, 1.54) is 32.1 Å². The zero-order chi connectivity index (χ0) is 20.1. The van der Waals surface area contributed by atoms with Crippen LogP contribution in [0.25, 0.3) is 0 Å². The molecule has 2 amide bonds. The van der Waals surface area contributed by atoms with Crippen molar-refractivity contribution in [3.05, 3.63) is 0 Å². The van der Waals surface area contributed by atoms with Crippen molar-refractivity contribution in [2.45, 2.75) is 110 Å². The molecule has 3 aliphatic carbocycles. The molecule has 4 heteroatoms. The summed E-state index contributed by atoms with van der Waals surface area (Å²) in [7, 11) is 0. The molecule has 3 fully saturated rings. The smallest absolute Gasteiger partial charge is 0.223 e. The van der Waals surface area contributed by atoms with Gasteiger partial charge in [-0.25, -0.2) is 0 Å². The van der Waals surface area contributed by atoms with Crippen LogP contribution < -0.4 is 10.6 Å². The van der Waals surface area contributed by atoms with Gasteiger partial charge in [-0.1, -0.05) is 33.1 Å². The van der Waals surface area contributed by atoms with Gasteiger partial charge in [-0.2, -0.15) is 0 Å². The maximum atomic E-state index is 12.8. The van der Waals surface area contributed by atoms with Gasteiger partial charge in [0.05, 0.1) is 0 Å². The molecular weight excluding hydrogens is 348 g/mol. The number of nitrogens with one attached hydrogen (secondary N) is 2. The lowest BCUT2D eigenvalue weighted by Crippen LogP contribution is -2.41. The monoisotopic (exact) mass is 390 g/mol. The molecule has 7 atom stereocenters. The number of hydrogen-bond acceptors (Lipinski definition) is 2. The van der Waals surface area contributed by atoms with Crippen LogP contribution in [0.15, 0.2) is 0 Å². The van der Waals surface area contributed by atoms with Crippen LogP contribution in [-0.2, 0) is 9.59 Å². The summed E-state index contributed by atoms with van der Waals surface area (Å²) in [5, 5.41) is 6.63. The second-order valence-corrected chi connectivity index (χ2v) is 10.2. The molecule has 2 N–H and O–H groups in total. The molecule has 28 heavy (non-hydrogen) atoms. The van der Waals surface area contributed by atoms with E-state index in [2.05, 4.69) is 31.4 Å². The fourth-order valence-corrected chi connectivity index (χ4v) is 5.89. The van der Waals surface area contributed by atoms with Crippen LogP contribution in [0.5, 0.6) is 0 Å². The van der Waals surface area contributed by atoms with E-state index >= 15 is 0 Å². The number of carbonyl (C=O) groups is 2. The SMILES string of the molecule is CCC1CCC(NC(=O)C2CCCC(C(=O)NC(C)C3CCC(C)C3)CC2)C1. The molecule has 0 aromatic heterocycles. The van der Waals surface area contributed by atoms with E-state index in [1.54, 1.807) is 0 Å². The highest BCUT2D eigenvalue weighted by atomic mass is 16.2. The lowest BCUT2D eigenvalue weighted by Gasteiger charge is -2.24. The van der Waals surface area contributed by atoms with Crippen molar-refractivity contribution in [2.24, 2.45) is 29.6 Å². The first-order valence-electron chi connectivity index (χ1n) is 12.1. The first-order chi connectivity index (χ1) is 13.5. The average Bonchev–Trinajstić information content (AvgIpc) is 3.23. The Hall–Kier alpha value is -1.06. The maximum Gasteiger partial charge on any atom is 0.223 e. The number of rotatable bonds is 6. The first kappa shape index (κ1) is 21.6. The fraction of sp³-hybridized carbons (Fsp3) is 0.917. The molecule has 3 rings (SSSR count). The van der Waals surface area contributed by atoms with Crippen LogP contribution in [0.1, 0.15) is 97.8 Å². The van der Waals surface area contributed by atoms with Gasteiger partial charge >= 0.3 is 0 Å². The van der Waals surface area contributed by atoms with E-state index in [4.69, 9.17) is 0 Å². The highest BCUT2D eigenvalue weighted by Crippen LogP contribution is 2.34. The molecule has 0 radical (unpaired) electrons. The maximum absolute atomic E-state index is 12.8. The summed E-state index contributed by atoms with van der Waals surface area (Å²) >= 11 is 0. The summed E-state index contributed by atoms with van der Waals surface area (Å²) in [6, 6.07) is 0.670. The minimum absolute atomic E-state index is 0.0926. The molecule has 7 unspecified atom stereocenters. The van der Waals surface area contributed by atoms with Gasteiger partial charge in [0, 0.05) is 23.9 Å². The van der Waals surface area contributed by atoms with Crippen molar-refractivity contribution in [3.63, 3.8) is 0 Å². The summed E-state index contributed by atoms with van der Waals surface area (Å²) in [6.07, 6.45) is 13.2. The van der Waals surface area contributed by atoms with E-state index in [1.807, 2.05) is 0 Å². The molecule has 0 aliphatic heterocycles. The van der Waals surface area contributed by atoms with Crippen LogP contribution in [-0.4, -0.2) is 23.9 Å². The molecule has 3 aliphatic rings. The van der Waals surface area contributed by atoms with Crippen LogP contribution in [0.4, 0.5) is 0 Å². The second-order valence-electron chi connectivity index (χ2n) is 10.2. The van der Waals surface area contributed by atoms with Gasteiger partial charge in [0.25, 0.3) is 0 Å². The molecule has 0 aromatic carbocycles. The van der Waals surface area contributed by atoms with Gasteiger partial charge in [-0.05, 0) is 82.5 Å². The lowest BCUT2D eigenvalue weighted by molar-refractivity contribution is -0.128. The topological polar surface area (TPSA) is 58.2 Å². The van der Waals surface area contributed by atoms with E-state index in [-0.39, 0.29) is 29.7 Å². The first-order valence-corrected chi connectivity index (χ1v) is 12.1. The minimum Gasteiger partial charge on any atom is -0.353 e. The summed E-state index contributed by atoms with van der Waals surface area (Å²) in [5.74, 6) is 2.90. The zero-order valence-corrected chi connectivity index (χ0v) is 18.3. The Morgan fingerprint density at radius 1 is 0.893 bits per heavy atom. The van der Waals surface area contributed by atoms with Crippen LogP contribution in [0.3, 0.4) is 0 Å². The molecule has 0 aromatic rings. The second kappa shape index (κ2) is 10.1. The van der Waals surface area contributed by atoms with Crippen molar-refractivity contribution in [3.8, 4) is 0 Å². The quantitative estimate of drug-likeness (QED) is 0.639. The third-order valence-electron chi connectivity index (χ3n) is 7.99. The third kappa shape index (κ3) is 5.73. The number of carbonyl (C=O) groups excluding carboxylic acids is 2. The van der Waals surface area contributed by atoms with E-state index < -0.39 is 0 Å². The Bertz CT molecular complexity index is 535. The van der Waals surface area contributed by atoms with Gasteiger partial charge in [-0.15, -0.1) is 0 Å². The summed E-state index contributed by atoms with van der Waals surface area (Å²) in [4.78, 5) is 25.6. The van der Waals surface area contributed by atoms with E-state index in [0.717, 1.165) is 56.8 Å². The Balaban J connectivity index is 1.42. The van der Waals surface area contributed by atoms with Crippen molar-refractivity contribution < 1.29 is 9.59 Å². The van der Waals surface area contributed by atoms with E-state index in [9.17, 15) is 9.59 Å². The predicted octanol–water partition coefficient (Wildman–Crippen LogP) is 4.82. The van der Waals surface area contributed by atoms with Crippen LogP contribution >= 0.6 is 0 Å². The summed E-state index contributed by atoms with van der Waals surface area (Å²) in [6.45, 7) is 6.75. The highest BCUT2D eigenvalue weighted by Gasteiger charge is 2.32. The Morgan fingerprint density at radius 2 is 1.61 bits per heavy atom. The molecule has 160 valence electrons. The molecular formula is C24H42N2O2. The van der Waals surface area contributed by atoms with Gasteiger partial charge in [0.15, 0.2) is 0 Å². The Labute approximate surface area is 172 Å². The minimum atomic E-state index is 0.0926. The van der Waals surface area contributed by atoms with E-state index in [0.29, 0.717) is 12.0 Å². The van der Waals surface area contributed by atoms with Crippen molar-refractivity contribution in [1.82, 2.24) is 10.6 Å². The lowest BCUT2D eigenvalue weighted by atomic mass is 9.94. The van der Waals surface area contributed by atoms with Crippen LogP contribution in [0, 0.1) is 29.6 Å². The van der Waals surface area contributed by atoms with Gasteiger partial charge in [0.1, 0.15) is 0 Å². The summed E-state index contributed by atoms with van der Waals surface area (Å²) < 4.78 is 0. The molecule has 0 bridgehead atoms. The molecule has 4 nitrogen and oxygen atoms in total. The molecule has 3 saturated carbocycles. The average molecular weight is 391 g/mol. The molecule has 0 spiro atoms. The fourth-order valence-electron chi connectivity index (χ4n) is 5.89. The van der Waals surface area contributed by atoms with Crippen LogP contribution in [0.2, 0.25) is 0 Å². The highest BCUT2D eigenvalue weighted by molar-refractivity contribution is 5.80. The molecule has 0 saturated heterocycles. The Kier molecular flexibility index (Phi) is 7.82.